The maximum atomic E-state index is 12.4. The summed E-state index contributed by atoms with van der Waals surface area (Å²) >= 11 is 0. The molecule has 1 aliphatic rings. The van der Waals surface area contributed by atoms with Crippen LogP contribution in [0.3, 0.4) is 0 Å². The number of hydrogen-bond donors (Lipinski definition) is 2. The van der Waals surface area contributed by atoms with Gasteiger partial charge in [-0.25, -0.2) is 0 Å². The summed E-state index contributed by atoms with van der Waals surface area (Å²) in [5.41, 5.74) is 9.15. The molecule has 1 saturated carbocycles. The van der Waals surface area contributed by atoms with Gasteiger partial charge in [-0.1, -0.05) is 42.8 Å². The van der Waals surface area contributed by atoms with Crippen LogP contribution in [0.1, 0.15) is 36.0 Å². The van der Waals surface area contributed by atoms with Crippen LogP contribution in [0, 0.1) is 12.8 Å². The third-order valence-electron chi connectivity index (χ3n) is 5.23. The van der Waals surface area contributed by atoms with Crippen LogP contribution in [0.15, 0.2) is 48.5 Å². The first-order chi connectivity index (χ1) is 12.7. The molecular formula is C22H29ClN2O2. The van der Waals surface area contributed by atoms with E-state index in [1.165, 1.54) is 11.1 Å². The highest BCUT2D eigenvalue weighted by atomic mass is 35.5. The van der Waals surface area contributed by atoms with Gasteiger partial charge in [0.2, 0.25) is 5.91 Å². The van der Waals surface area contributed by atoms with Gasteiger partial charge in [0.25, 0.3) is 0 Å². The Bertz CT molecular complexity index is 751. The molecule has 0 aliphatic heterocycles. The first-order valence-electron chi connectivity index (χ1n) is 9.41. The van der Waals surface area contributed by atoms with Crippen LogP contribution in [-0.2, 0) is 17.8 Å². The van der Waals surface area contributed by atoms with Gasteiger partial charge in [0.15, 0.2) is 0 Å². The Balaban J connectivity index is 0.00000261. The standard InChI is InChI=1S/C22H28N2O2.ClH/c1-16-6-2-3-8-19(16)15-26-20-10-4-7-17(12-20)13-22(25)24-21-11-5-9-18(21)14-23;/h2-4,6-8,10,12,18,21H,5,9,11,13-15,23H2,1H3,(H,24,25);1H. The van der Waals surface area contributed by atoms with Crippen molar-refractivity contribution < 1.29 is 9.53 Å². The van der Waals surface area contributed by atoms with Crippen molar-refractivity contribution in [2.45, 2.75) is 45.3 Å². The van der Waals surface area contributed by atoms with Crippen LogP contribution in [0.25, 0.3) is 0 Å². The van der Waals surface area contributed by atoms with Crippen molar-refractivity contribution in [3.05, 3.63) is 65.2 Å². The minimum absolute atomic E-state index is 0. The van der Waals surface area contributed by atoms with E-state index in [0.29, 0.717) is 25.5 Å². The van der Waals surface area contributed by atoms with E-state index in [1.54, 1.807) is 0 Å². The molecule has 4 nitrogen and oxygen atoms in total. The zero-order valence-electron chi connectivity index (χ0n) is 15.8. The smallest absolute Gasteiger partial charge is 0.224 e. The number of rotatable bonds is 7. The number of carbonyl (C=O) groups is 1. The SMILES string of the molecule is Cc1ccccc1COc1cccc(CC(=O)NC2CCCC2CN)c1.Cl. The van der Waals surface area contributed by atoms with E-state index in [0.717, 1.165) is 30.6 Å². The van der Waals surface area contributed by atoms with Crippen LogP contribution < -0.4 is 15.8 Å². The van der Waals surface area contributed by atoms with E-state index in [-0.39, 0.29) is 24.4 Å². The Morgan fingerprint density at radius 3 is 2.78 bits per heavy atom. The van der Waals surface area contributed by atoms with Gasteiger partial charge in [-0.3, -0.25) is 4.79 Å². The minimum atomic E-state index is 0. The summed E-state index contributed by atoms with van der Waals surface area (Å²) in [6.45, 7) is 3.26. The van der Waals surface area contributed by atoms with Gasteiger partial charge in [0, 0.05) is 6.04 Å². The third-order valence-corrected chi connectivity index (χ3v) is 5.23. The van der Waals surface area contributed by atoms with Crippen LogP contribution in [0.4, 0.5) is 0 Å². The lowest BCUT2D eigenvalue weighted by atomic mass is 10.0. The molecule has 2 atom stereocenters. The van der Waals surface area contributed by atoms with Crippen molar-refractivity contribution in [2.24, 2.45) is 11.7 Å². The number of ether oxygens (including phenoxy) is 1. The lowest BCUT2D eigenvalue weighted by molar-refractivity contribution is -0.121. The Morgan fingerprint density at radius 2 is 2.00 bits per heavy atom. The highest BCUT2D eigenvalue weighted by Gasteiger charge is 2.27. The summed E-state index contributed by atoms with van der Waals surface area (Å²) in [5, 5.41) is 3.15. The monoisotopic (exact) mass is 388 g/mol. The van der Waals surface area contributed by atoms with E-state index in [4.69, 9.17) is 10.5 Å². The van der Waals surface area contributed by atoms with Crippen LogP contribution in [-0.4, -0.2) is 18.5 Å². The fourth-order valence-corrected chi connectivity index (χ4v) is 3.63. The molecule has 0 heterocycles. The van der Waals surface area contributed by atoms with Gasteiger partial charge in [-0.05, 0) is 61.1 Å². The normalized spacial score (nSPS) is 18.6. The van der Waals surface area contributed by atoms with Gasteiger partial charge in [-0.2, -0.15) is 0 Å². The predicted octanol–water partition coefficient (Wildman–Crippen LogP) is 3.78. The molecule has 1 aliphatic carbocycles. The summed E-state index contributed by atoms with van der Waals surface area (Å²) in [6.07, 6.45) is 3.67. The number of amides is 1. The third kappa shape index (κ3) is 5.98. The Labute approximate surface area is 167 Å². The first kappa shape index (κ1) is 21.3. The molecule has 27 heavy (non-hydrogen) atoms. The molecule has 0 aromatic heterocycles. The average Bonchev–Trinajstić information content (AvgIpc) is 3.08. The number of aryl methyl sites for hydroxylation is 1. The molecular weight excluding hydrogens is 360 g/mol. The molecule has 1 fully saturated rings. The van der Waals surface area contributed by atoms with Gasteiger partial charge in [-0.15, -0.1) is 12.4 Å². The average molecular weight is 389 g/mol. The fraction of sp³-hybridized carbons (Fsp3) is 0.409. The molecule has 2 aromatic rings. The van der Waals surface area contributed by atoms with Crippen molar-refractivity contribution in [1.29, 1.82) is 0 Å². The Hall–Kier alpha value is -2.04. The Kier molecular flexibility index (Phi) is 8.14. The van der Waals surface area contributed by atoms with Crippen LogP contribution in [0.2, 0.25) is 0 Å². The van der Waals surface area contributed by atoms with Crippen molar-refractivity contribution in [3.63, 3.8) is 0 Å². The number of nitrogens with two attached hydrogens (primary N) is 1. The van der Waals surface area contributed by atoms with E-state index < -0.39 is 0 Å². The minimum Gasteiger partial charge on any atom is -0.489 e. The van der Waals surface area contributed by atoms with E-state index in [9.17, 15) is 4.79 Å². The molecule has 3 rings (SSSR count). The summed E-state index contributed by atoms with van der Waals surface area (Å²) in [6, 6.07) is 16.2. The summed E-state index contributed by atoms with van der Waals surface area (Å²) < 4.78 is 5.91. The van der Waals surface area contributed by atoms with E-state index >= 15 is 0 Å². The zero-order chi connectivity index (χ0) is 18.4. The molecule has 146 valence electrons. The maximum absolute atomic E-state index is 12.4. The van der Waals surface area contributed by atoms with E-state index in [1.807, 2.05) is 36.4 Å². The van der Waals surface area contributed by atoms with Crippen molar-refractivity contribution in [1.82, 2.24) is 5.32 Å². The number of hydrogen-bond acceptors (Lipinski definition) is 3. The predicted molar refractivity (Wildman–Crippen MR) is 111 cm³/mol. The highest BCUT2D eigenvalue weighted by Crippen LogP contribution is 2.24. The zero-order valence-corrected chi connectivity index (χ0v) is 16.6. The van der Waals surface area contributed by atoms with Crippen molar-refractivity contribution in [2.75, 3.05) is 6.54 Å². The van der Waals surface area contributed by atoms with E-state index in [2.05, 4.69) is 24.4 Å². The number of carbonyl (C=O) groups excluding carboxylic acids is 1. The van der Waals surface area contributed by atoms with Gasteiger partial charge < -0.3 is 15.8 Å². The topological polar surface area (TPSA) is 64.3 Å². The lowest BCUT2D eigenvalue weighted by Crippen LogP contribution is -2.40. The Morgan fingerprint density at radius 1 is 1.19 bits per heavy atom. The molecule has 0 saturated heterocycles. The first-order valence-corrected chi connectivity index (χ1v) is 9.41. The van der Waals surface area contributed by atoms with Gasteiger partial charge in [0.05, 0.1) is 6.42 Å². The molecule has 5 heteroatoms. The summed E-state index contributed by atoms with van der Waals surface area (Å²) in [5.74, 6) is 1.27. The number of halogens is 1. The quantitative estimate of drug-likeness (QED) is 0.758. The molecule has 0 radical (unpaired) electrons. The van der Waals surface area contributed by atoms with Gasteiger partial charge >= 0.3 is 0 Å². The molecule has 3 N–H and O–H groups in total. The summed E-state index contributed by atoms with van der Waals surface area (Å²) in [4.78, 5) is 12.4. The number of benzene rings is 2. The van der Waals surface area contributed by atoms with Crippen LogP contribution >= 0.6 is 12.4 Å². The number of nitrogens with one attached hydrogen (secondary N) is 1. The van der Waals surface area contributed by atoms with Crippen LogP contribution in [0.5, 0.6) is 5.75 Å². The molecule has 2 aromatic carbocycles. The molecule has 1 amide bonds. The molecule has 0 spiro atoms. The maximum Gasteiger partial charge on any atom is 0.224 e. The second-order valence-electron chi connectivity index (χ2n) is 7.14. The second-order valence-corrected chi connectivity index (χ2v) is 7.14. The van der Waals surface area contributed by atoms with Crippen molar-refractivity contribution >= 4 is 18.3 Å². The summed E-state index contributed by atoms with van der Waals surface area (Å²) in [7, 11) is 0. The fourth-order valence-electron chi connectivity index (χ4n) is 3.63. The second kappa shape index (κ2) is 10.3. The van der Waals surface area contributed by atoms with Gasteiger partial charge in [0.1, 0.15) is 12.4 Å². The lowest BCUT2D eigenvalue weighted by Gasteiger charge is -2.19. The highest BCUT2D eigenvalue weighted by molar-refractivity contribution is 5.85. The van der Waals surface area contributed by atoms with Crippen molar-refractivity contribution in [3.8, 4) is 5.75 Å². The molecule has 0 bridgehead atoms. The molecule has 2 unspecified atom stereocenters. The largest absolute Gasteiger partial charge is 0.489 e.